The molecule has 0 aliphatic rings. The van der Waals surface area contributed by atoms with Crippen LogP contribution in [0.1, 0.15) is 10.6 Å². The van der Waals surface area contributed by atoms with Gasteiger partial charge in [-0.3, -0.25) is 9.44 Å². The van der Waals surface area contributed by atoms with Crippen molar-refractivity contribution >= 4 is 42.2 Å². The van der Waals surface area contributed by atoms with Gasteiger partial charge in [-0.2, -0.15) is 5.26 Å². The van der Waals surface area contributed by atoms with Crippen molar-refractivity contribution in [2.24, 2.45) is 0 Å². The first kappa shape index (κ1) is 19.7. The highest BCUT2D eigenvalue weighted by atomic mass is 32.2. The second kappa shape index (κ2) is 7.55. The summed E-state index contributed by atoms with van der Waals surface area (Å²) in [5.74, 6) is 0. The van der Waals surface area contributed by atoms with Gasteiger partial charge in [-0.25, -0.2) is 16.8 Å². The van der Waals surface area contributed by atoms with Crippen LogP contribution in [0.5, 0.6) is 0 Å². The maximum Gasteiger partial charge on any atom is 0.263 e. The third kappa shape index (κ3) is 4.45. The lowest BCUT2D eigenvalue weighted by Crippen LogP contribution is -2.14. The van der Waals surface area contributed by atoms with Gasteiger partial charge in [0.25, 0.3) is 20.0 Å². The van der Waals surface area contributed by atoms with Gasteiger partial charge in [0, 0.05) is 5.69 Å². The number of hydrogen-bond donors (Lipinski definition) is 2. The number of sulfonamides is 2. The molecule has 1 heterocycles. The third-order valence-electron chi connectivity index (χ3n) is 3.46. The van der Waals surface area contributed by atoms with Gasteiger partial charge in [-0.05, 0) is 55.5 Å². The number of rotatable bonds is 6. The van der Waals surface area contributed by atoms with Crippen molar-refractivity contribution in [2.75, 3.05) is 9.44 Å². The molecule has 144 valence electrons. The predicted molar refractivity (Wildman–Crippen MR) is 104 cm³/mol. The predicted octanol–water partition coefficient (Wildman–Crippen LogP) is 2.32. The largest absolute Gasteiger partial charge is 0.280 e. The molecule has 0 radical (unpaired) electrons. The number of hydrogen-bond acceptors (Lipinski definition) is 8. The van der Waals surface area contributed by atoms with E-state index in [1.54, 1.807) is 6.92 Å². The minimum Gasteiger partial charge on any atom is -0.280 e. The summed E-state index contributed by atoms with van der Waals surface area (Å²) in [5, 5.41) is 17.0. The Morgan fingerprint density at radius 3 is 1.89 bits per heavy atom. The van der Waals surface area contributed by atoms with Crippen molar-refractivity contribution < 1.29 is 16.8 Å². The molecule has 3 aromatic rings. The number of aryl methyl sites for hydroxylation is 1. The number of benzene rings is 2. The first-order valence-electron chi connectivity index (χ1n) is 7.65. The van der Waals surface area contributed by atoms with Gasteiger partial charge in [-0.15, -0.1) is 10.2 Å². The zero-order valence-corrected chi connectivity index (χ0v) is 16.8. The van der Waals surface area contributed by atoms with E-state index in [-0.39, 0.29) is 20.6 Å². The second-order valence-corrected chi connectivity index (χ2v) is 10.0. The number of nitriles is 1. The van der Waals surface area contributed by atoms with E-state index in [4.69, 9.17) is 5.26 Å². The van der Waals surface area contributed by atoms with E-state index in [2.05, 4.69) is 19.6 Å². The lowest BCUT2D eigenvalue weighted by atomic mass is 10.2. The molecule has 0 saturated carbocycles. The van der Waals surface area contributed by atoms with Crippen LogP contribution < -0.4 is 9.44 Å². The standard InChI is InChI=1S/C16H13N5O4S3/c1-11-18-19-16(26-11)21-28(24,25)15-8-4-13(5-9-15)20-27(22,23)14-6-2-12(10-17)3-7-14/h2-9,20H,1H3,(H,19,21). The zero-order valence-electron chi connectivity index (χ0n) is 14.3. The molecule has 12 heteroatoms. The Morgan fingerprint density at radius 1 is 0.857 bits per heavy atom. The molecule has 3 rings (SSSR count). The highest BCUT2D eigenvalue weighted by Gasteiger charge is 2.18. The monoisotopic (exact) mass is 435 g/mol. The van der Waals surface area contributed by atoms with Gasteiger partial charge in [0.1, 0.15) is 5.01 Å². The fourth-order valence-corrected chi connectivity index (χ4v) is 5.02. The Labute approximate surface area is 165 Å². The summed E-state index contributed by atoms with van der Waals surface area (Å²) >= 11 is 1.10. The molecule has 28 heavy (non-hydrogen) atoms. The van der Waals surface area contributed by atoms with Crippen molar-refractivity contribution in [1.82, 2.24) is 10.2 Å². The van der Waals surface area contributed by atoms with Crippen molar-refractivity contribution in [1.29, 1.82) is 5.26 Å². The smallest absolute Gasteiger partial charge is 0.263 e. The van der Waals surface area contributed by atoms with E-state index < -0.39 is 20.0 Å². The number of nitrogens with one attached hydrogen (secondary N) is 2. The summed E-state index contributed by atoms with van der Waals surface area (Å²) in [4.78, 5) is -0.0711. The zero-order chi connectivity index (χ0) is 20.4. The lowest BCUT2D eigenvalue weighted by Gasteiger charge is -2.09. The van der Waals surface area contributed by atoms with Crippen LogP contribution in [0, 0.1) is 18.3 Å². The van der Waals surface area contributed by atoms with Crippen molar-refractivity contribution in [2.45, 2.75) is 16.7 Å². The van der Waals surface area contributed by atoms with Crippen LogP contribution in [0.25, 0.3) is 0 Å². The summed E-state index contributed by atoms with van der Waals surface area (Å²) in [7, 11) is -7.74. The van der Waals surface area contributed by atoms with Crippen molar-refractivity contribution in [3.63, 3.8) is 0 Å². The number of nitrogens with zero attached hydrogens (tertiary/aromatic N) is 3. The molecule has 0 unspecified atom stereocenters. The Hall–Kier alpha value is -3.01. The van der Waals surface area contributed by atoms with Gasteiger partial charge < -0.3 is 0 Å². The average Bonchev–Trinajstić information content (AvgIpc) is 3.06. The maximum atomic E-state index is 12.4. The van der Waals surface area contributed by atoms with Gasteiger partial charge in [0.15, 0.2) is 0 Å². The molecule has 0 bridgehead atoms. The molecule has 0 atom stereocenters. The summed E-state index contributed by atoms with van der Waals surface area (Å²) < 4.78 is 54.1. The van der Waals surface area contributed by atoms with E-state index in [0.717, 1.165) is 11.3 Å². The van der Waals surface area contributed by atoms with Crippen LogP contribution in [-0.4, -0.2) is 27.0 Å². The Kier molecular flexibility index (Phi) is 5.32. The fourth-order valence-electron chi connectivity index (χ4n) is 2.14. The highest BCUT2D eigenvalue weighted by molar-refractivity contribution is 7.93. The second-order valence-electron chi connectivity index (χ2n) is 5.50. The van der Waals surface area contributed by atoms with Gasteiger partial charge in [-0.1, -0.05) is 11.3 Å². The van der Waals surface area contributed by atoms with Crippen LogP contribution in [0.15, 0.2) is 58.3 Å². The summed E-state index contributed by atoms with van der Waals surface area (Å²) in [6, 6.07) is 12.5. The topological polar surface area (TPSA) is 142 Å². The third-order valence-corrected chi connectivity index (χ3v) is 7.09. The summed E-state index contributed by atoms with van der Waals surface area (Å²) in [6.45, 7) is 1.70. The van der Waals surface area contributed by atoms with E-state index in [0.29, 0.717) is 10.6 Å². The molecular weight excluding hydrogens is 422 g/mol. The molecular formula is C16H13N5O4S3. The molecule has 0 aliphatic carbocycles. The van der Waals surface area contributed by atoms with Crippen molar-refractivity contribution in [3.8, 4) is 6.07 Å². The maximum absolute atomic E-state index is 12.4. The Bertz CT molecular complexity index is 1240. The molecule has 0 saturated heterocycles. The molecule has 0 aliphatic heterocycles. The first-order chi connectivity index (χ1) is 13.2. The van der Waals surface area contributed by atoms with Crippen LogP contribution in [0.3, 0.4) is 0 Å². The summed E-state index contributed by atoms with van der Waals surface area (Å²) in [5.41, 5.74) is 0.529. The molecule has 0 amide bonds. The number of aromatic nitrogens is 2. The number of anilines is 2. The van der Waals surface area contributed by atoms with Gasteiger partial charge >= 0.3 is 0 Å². The first-order valence-corrected chi connectivity index (χ1v) is 11.4. The Morgan fingerprint density at radius 2 is 1.39 bits per heavy atom. The molecule has 9 nitrogen and oxygen atoms in total. The minimum atomic E-state index is -3.87. The van der Waals surface area contributed by atoms with Crippen LogP contribution in [-0.2, 0) is 20.0 Å². The lowest BCUT2D eigenvalue weighted by molar-refractivity contribution is 0.600. The quantitative estimate of drug-likeness (QED) is 0.605. The SMILES string of the molecule is Cc1nnc(NS(=O)(=O)c2ccc(NS(=O)(=O)c3ccc(C#N)cc3)cc2)s1. The van der Waals surface area contributed by atoms with Gasteiger partial charge in [0.2, 0.25) is 5.13 Å². The van der Waals surface area contributed by atoms with E-state index in [1.165, 1.54) is 48.5 Å². The van der Waals surface area contributed by atoms with Crippen LogP contribution in [0.4, 0.5) is 10.8 Å². The van der Waals surface area contributed by atoms with Crippen LogP contribution in [0.2, 0.25) is 0 Å². The average molecular weight is 436 g/mol. The molecule has 2 N–H and O–H groups in total. The summed E-state index contributed by atoms with van der Waals surface area (Å²) in [6.07, 6.45) is 0. The fraction of sp³-hybridized carbons (Fsp3) is 0.0625. The van der Waals surface area contributed by atoms with Crippen LogP contribution >= 0.6 is 11.3 Å². The van der Waals surface area contributed by atoms with E-state index in [1.807, 2.05) is 6.07 Å². The van der Waals surface area contributed by atoms with E-state index >= 15 is 0 Å². The molecule has 0 fully saturated rings. The minimum absolute atomic E-state index is 0.0171. The van der Waals surface area contributed by atoms with Crippen molar-refractivity contribution in [3.05, 3.63) is 59.1 Å². The highest BCUT2D eigenvalue weighted by Crippen LogP contribution is 2.22. The van der Waals surface area contributed by atoms with Gasteiger partial charge in [0.05, 0.1) is 21.4 Å². The molecule has 0 spiro atoms. The Balaban J connectivity index is 1.77. The molecule has 2 aromatic carbocycles. The normalized spacial score (nSPS) is 11.6. The molecule has 1 aromatic heterocycles. The van der Waals surface area contributed by atoms with E-state index in [9.17, 15) is 16.8 Å².